The molecule has 0 aliphatic carbocycles. The summed E-state index contributed by atoms with van der Waals surface area (Å²) >= 11 is 8.31. The van der Waals surface area contributed by atoms with E-state index in [1.165, 1.54) is 11.4 Å². The Morgan fingerprint density at radius 1 is 1.44 bits per heavy atom. The second-order valence-electron chi connectivity index (χ2n) is 2.77. The van der Waals surface area contributed by atoms with Crippen molar-refractivity contribution >= 4 is 46.6 Å². The topological polar surface area (TPSA) is 47.6 Å². The predicted octanol–water partition coefficient (Wildman–Crippen LogP) is 2.10. The lowest BCUT2D eigenvalue weighted by Crippen LogP contribution is -2.27. The zero-order chi connectivity index (χ0) is 12.6. The van der Waals surface area contributed by atoms with Gasteiger partial charge in [0.2, 0.25) is 11.6 Å². The molecule has 96 valence electrons. The van der Waals surface area contributed by atoms with Crippen molar-refractivity contribution in [3.8, 4) is 0 Å². The van der Waals surface area contributed by atoms with E-state index in [0.29, 0.717) is 0 Å². The average molecular weight is 303 g/mol. The quantitative estimate of drug-likeness (QED) is 0.547. The van der Waals surface area contributed by atoms with Crippen LogP contribution in [-0.2, 0) is 25.6 Å². The summed E-state index contributed by atoms with van der Waals surface area (Å²) in [4.78, 5) is 11.2. The van der Waals surface area contributed by atoms with E-state index in [-0.39, 0.29) is 11.2 Å². The summed E-state index contributed by atoms with van der Waals surface area (Å²) in [6.45, 7) is 1.89. The van der Waals surface area contributed by atoms with Gasteiger partial charge in [0.05, 0.1) is 5.25 Å². The summed E-state index contributed by atoms with van der Waals surface area (Å²) < 4.78 is 10.3. The molecule has 0 aliphatic heterocycles. The van der Waals surface area contributed by atoms with Crippen molar-refractivity contribution in [3.63, 3.8) is 0 Å². The number of nitrogens with one attached hydrogen (secondary N) is 1. The highest BCUT2D eigenvalue weighted by Crippen LogP contribution is 2.59. The third kappa shape index (κ3) is 6.47. The van der Waals surface area contributed by atoms with E-state index < -0.39 is 5.69 Å². The maximum atomic E-state index is 11.2. The molecule has 1 unspecified atom stereocenters. The van der Waals surface area contributed by atoms with E-state index >= 15 is 0 Å². The maximum absolute atomic E-state index is 11.2. The van der Waals surface area contributed by atoms with Crippen molar-refractivity contribution in [2.24, 2.45) is 0 Å². The van der Waals surface area contributed by atoms with E-state index in [9.17, 15) is 4.79 Å². The summed E-state index contributed by atoms with van der Waals surface area (Å²) in [6.07, 6.45) is 0. The molecule has 1 atom stereocenters. The van der Waals surface area contributed by atoms with Crippen LogP contribution in [0.2, 0.25) is 0 Å². The van der Waals surface area contributed by atoms with Crippen LogP contribution in [0, 0.1) is 0 Å². The van der Waals surface area contributed by atoms with E-state index in [1.807, 2.05) is 6.92 Å². The Hall–Kier alpha value is 0.740. The fraction of sp³-hybridized carbons (Fsp3) is 0.875. The Morgan fingerprint density at radius 2 is 2.00 bits per heavy atom. The Labute approximate surface area is 111 Å². The molecule has 0 aromatic carbocycles. The van der Waals surface area contributed by atoms with Crippen molar-refractivity contribution < 1.29 is 13.8 Å². The van der Waals surface area contributed by atoms with Crippen LogP contribution in [0.5, 0.6) is 0 Å². The highest BCUT2D eigenvalue weighted by atomic mass is 32.9. The van der Waals surface area contributed by atoms with Crippen molar-refractivity contribution in [1.82, 2.24) is 5.32 Å². The molecule has 0 heterocycles. The van der Waals surface area contributed by atoms with Crippen LogP contribution in [-0.4, -0.2) is 43.9 Å². The van der Waals surface area contributed by atoms with Crippen molar-refractivity contribution in [2.45, 2.75) is 12.2 Å². The van der Waals surface area contributed by atoms with Crippen LogP contribution in [0.25, 0.3) is 0 Å². The molecule has 0 saturated heterocycles. The minimum absolute atomic E-state index is 0.0338. The van der Waals surface area contributed by atoms with Crippen LogP contribution in [0.15, 0.2) is 0 Å². The highest BCUT2D eigenvalue weighted by molar-refractivity contribution is 8.68. The van der Waals surface area contributed by atoms with Crippen LogP contribution < -0.4 is 5.32 Å². The number of carbonyl (C=O) groups excluding carboxylic acids is 1. The molecule has 1 amide bonds. The minimum Gasteiger partial charge on any atom is -0.358 e. The van der Waals surface area contributed by atoms with E-state index in [4.69, 9.17) is 20.9 Å². The lowest BCUT2D eigenvalue weighted by Gasteiger charge is -2.16. The van der Waals surface area contributed by atoms with Crippen molar-refractivity contribution in [1.29, 1.82) is 0 Å². The normalized spacial score (nSPS) is 13.5. The maximum Gasteiger partial charge on any atom is 0.246 e. The lowest BCUT2D eigenvalue weighted by atomic mass is 10.4. The third-order valence-electron chi connectivity index (χ3n) is 1.76. The molecule has 8 heteroatoms. The van der Waals surface area contributed by atoms with Gasteiger partial charge in [-0.15, -0.1) is 11.8 Å². The van der Waals surface area contributed by atoms with Gasteiger partial charge in [-0.1, -0.05) is 11.4 Å². The van der Waals surface area contributed by atoms with Gasteiger partial charge in [-0.25, -0.2) is 0 Å². The number of thioether (sulfide) groups is 1. The van der Waals surface area contributed by atoms with Crippen molar-refractivity contribution in [3.05, 3.63) is 0 Å². The summed E-state index contributed by atoms with van der Waals surface area (Å²) in [5.74, 6) is 1.72. The van der Waals surface area contributed by atoms with Crippen LogP contribution in [0.1, 0.15) is 6.92 Å². The van der Waals surface area contributed by atoms with Crippen LogP contribution in [0.4, 0.5) is 0 Å². The van der Waals surface area contributed by atoms with Crippen LogP contribution >= 0.6 is 28.8 Å². The van der Waals surface area contributed by atoms with Gasteiger partial charge in [0, 0.05) is 32.8 Å². The van der Waals surface area contributed by atoms with E-state index in [0.717, 1.165) is 11.5 Å². The summed E-state index contributed by atoms with van der Waals surface area (Å²) in [5, 5.41) is 2.58. The summed E-state index contributed by atoms with van der Waals surface area (Å²) in [6, 6.07) is 0. The van der Waals surface area contributed by atoms with Gasteiger partial charge >= 0.3 is 0 Å². The summed E-state index contributed by atoms with van der Waals surface area (Å²) in [7, 11) is 4.78. The summed E-state index contributed by atoms with van der Waals surface area (Å²) in [5.41, 5.74) is -2.14. The molecule has 0 fully saturated rings. The smallest absolute Gasteiger partial charge is 0.246 e. The fourth-order valence-electron chi connectivity index (χ4n) is 0.833. The number of carbonyl (C=O) groups is 1. The molecule has 0 spiro atoms. The van der Waals surface area contributed by atoms with Crippen LogP contribution in [0.3, 0.4) is 0 Å². The molecule has 0 saturated carbocycles. The Morgan fingerprint density at radius 3 is 2.44 bits per heavy atom. The first kappa shape index (κ1) is 16.7. The second-order valence-corrected chi connectivity index (χ2v) is 10.9. The SMILES string of the molecule is CNC(=O)C(C)SCCSP(=S)(OC)OC. The number of hydrogen-bond donors (Lipinski definition) is 1. The lowest BCUT2D eigenvalue weighted by molar-refractivity contribution is -0.119. The number of hydrogen-bond acceptors (Lipinski definition) is 6. The predicted molar refractivity (Wildman–Crippen MR) is 76.7 cm³/mol. The molecule has 0 bridgehead atoms. The van der Waals surface area contributed by atoms with Gasteiger partial charge in [0.25, 0.3) is 0 Å². The molecule has 0 aromatic heterocycles. The fourth-order valence-corrected chi connectivity index (χ4v) is 5.37. The first-order chi connectivity index (χ1) is 7.49. The van der Waals surface area contributed by atoms with Gasteiger partial charge < -0.3 is 14.4 Å². The first-order valence-electron chi connectivity index (χ1n) is 4.68. The van der Waals surface area contributed by atoms with Gasteiger partial charge in [-0.3, -0.25) is 4.79 Å². The highest BCUT2D eigenvalue weighted by Gasteiger charge is 2.16. The Kier molecular flexibility index (Phi) is 9.18. The standard InChI is InChI=1S/C8H18NO3PS3/c1-7(8(10)9-2)15-5-6-16-13(14,11-3)12-4/h7H,5-6H2,1-4H3,(H,9,10). The molecule has 0 aliphatic rings. The number of rotatable bonds is 8. The van der Waals surface area contributed by atoms with Gasteiger partial charge in [-0.2, -0.15) is 0 Å². The van der Waals surface area contributed by atoms with Gasteiger partial charge in [-0.05, 0) is 18.7 Å². The molecular weight excluding hydrogens is 285 g/mol. The Balaban J connectivity index is 3.76. The van der Waals surface area contributed by atoms with Gasteiger partial charge in [0.15, 0.2) is 0 Å². The molecule has 0 radical (unpaired) electrons. The zero-order valence-corrected chi connectivity index (χ0v) is 13.2. The average Bonchev–Trinajstić information content (AvgIpc) is 2.32. The molecule has 16 heavy (non-hydrogen) atoms. The Bertz CT molecular complexity index is 257. The monoisotopic (exact) mass is 303 g/mol. The zero-order valence-electron chi connectivity index (χ0n) is 9.89. The van der Waals surface area contributed by atoms with E-state index in [2.05, 4.69) is 5.32 Å². The van der Waals surface area contributed by atoms with E-state index in [1.54, 1.807) is 33.0 Å². The molecule has 4 nitrogen and oxygen atoms in total. The largest absolute Gasteiger partial charge is 0.358 e. The first-order valence-corrected chi connectivity index (χ1v) is 9.96. The second kappa shape index (κ2) is 8.78. The van der Waals surface area contributed by atoms with Crippen molar-refractivity contribution in [2.75, 3.05) is 32.8 Å². The molecular formula is C8H18NO3PS3. The number of amides is 1. The molecule has 0 rings (SSSR count). The van der Waals surface area contributed by atoms with Gasteiger partial charge in [0.1, 0.15) is 0 Å². The molecule has 1 N–H and O–H groups in total. The third-order valence-corrected chi connectivity index (χ3v) is 9.01. The molecule has 0 aromatic rings. The minimum atomic E-state index is -2.14.